The van der Waals surface area contributed by atoms with Crippen molar-refractivity contribution < 1.29 is 14.6 Å². The second-order valence-corrected chi connectivity index (χ2v) is 6.87. The second kappa shape index (κ2) is 8.66. The maximum atomic E-state index is 12.1. The standard InChI is InChI=1S/C23H20N4O4/c1-2-24-22(28)17-13-11-16(12-14-17)21-25-31-23(26(21)19-8-4-3-5-9-19)18-7-6-10-20(15-18)27(29)30/h3-15,23H,2H2,1H3,(H,24,28). The number of amides is 1. The average molecular weight is 416 g/mol. The first-order chi connectivity index (χ1) is 15.1. The number of hydrogen-bond donors (Lipinski definition) is 1. The zero-order chi connectivity index (χ0) is 21.8. The van der Waals surface area contributed by atoms with Crippen molar-refractivity contribution in [3.05, 3.63) is 106 Å². The van der Waals surface area contributed by atoms with Crippen molar-refractivity contribution >= 4 is 23.1 Å². The van der Waals surface area contributed by atoms with E-state index >= 15 is 0 Å². The summed E-state index contributed by atoms with van der Waals surface area (Å²) < 4.78 is 0. The second-order valence-electron chi connectivity index (χ2n) is 6.87. The Balaban J connectivity index is 1.71. The first-order valence-corrected chi connectivity index (χ1v) is 9.79. The molecule has 8 heteroatoms. The van der Waals surface area contributed by atoms with Crippen molar-refractivity contribution in [1.29, 1.82) is 0 Å². The summed E-state index contributed by atoms with van der Waals surface area (Å²) in [4.78, 5) is 30.5. The van der Waals surface area contributed by atoms with E-state index in [1.165, 1.54) is 12.1 Å². The van der Waals surface area contributed by atoms with E-state index in [1.807, 2.05) is 42.2 Å². The molecule has 31 heavy (non-hydrogen) atoms. The van der Waals surface area contributed by atoms with Crippen LogP contribution >= 0.6 is 0 Å². The highest BCUT2D eigenvalue weighted by molar-refractivity contribution is 6.11. The Morgan fingerprint density at radius 2 is 1.84 bits per heavy atom. The molecule has 0 spiro atoms. The minimum absolute atomic E-state index is 0.0196. The van der Waals surface area contributed by atoms with E-state index in [0.29, 0.717) is 23.5 Å². The predicted octanol–water partition coefficient (Wildman–Crippen LogP) is 4.24. The number of nitro groups is 1. The van der Waals surface area contributed by atoms with Gasteiger partial charge in [-0.15, -0.1) is 0 Å². The van der Waals surface area contributed by atoms with Gasteiger partial charge in [0, 0.05) is 41.1 Å². The first-order valence-electron chi connectivity index (χ1n) is 9.79. The summed E-state index contributed by atoms with van der Waals surface area (Å²) in [6.07, 6.45) is -0.666. The maximum absolute atomic E-state index is 12.1. The lowest BCUT2D eigenvalue weighted by atomic mass is 10.1. The number of benzene rings is 3. The molecule has 3 aromatic rings. The van der Waals surface area contributed by atoms with Crippen molar-refractivity contribution in [1.82, 2.24) is 5.32 Å². The number of nitro benzene ring substituents is 1. The molecule has 8 nitrogen and oxygen atoms in total. The van der Waals surface area contributed by atoms with Gasteiger partial charge in [0.15, 0.2) is 5.84 Å². The molecular weight excluding hydrogens is 396 g/mol. The molecule has 1 amide bonds. The highest BCUT2D eigenvalue weighted by Gasteiger charge is 2.34. The smallest absolute Gasteiger partial charge is 0.269 e. The third-order valence-corrected chi connectivity index (χ3v) is 4.84. The summed E-state index contributed by atoms with van der Waals surface area (Å²) in [5, 5.41) is 18.3. The summed E-state index contributed by atoms with van der Waals surface area (Å²) in [5.41, 5.74) is 2.71. The van der Waals surface area contributed by atoms with E-state index < -0.39 is 11.2 Å². The Morgan fingerprint density at radius 3 is 2.52 bits per heavy atom. The molecule has 0 aromatic heterocycles. The van der Waals surface area contributed by atoms with Crippen LogP contribution in [0, 0.1) is 10.1 Å². The van der Waals surface area contributed by atoms with Crippen molar-refractivity contribution in [2.45, 2.75) is 13.2 Å². The third-order valence-electron chi connectivity index (χ3n) is 4.84. The van der Waals surface area contributed by atoms with Crippen LogP contribution in [0.2, 0.25) is 0 Å². The van der Waals surface area contributed by atoms with Crippen molar-refractivity contribution in [3.63, 3.8) is 0 Å². The number of non-ortho nitro benzene ring substituents is 1. The fraction of sp³-hybridized carbons (Fsp3) is 0.130. The van der Waals surface area contributed by atoms with Gasteiger partial charge in [0.1, 0.15) is 0 Å². The van der Waals surface area contributed by atoms with Crippen LogP contribution in [0.15, 0.2) is 84.0 Å². The fourth-order valence-electron chi connectivity index (χ4n) is 3.38. The molecule has 156 valence electrons. The largest absolute Gasteiger partial charge is 0.363 e. The average Bonchev–Trinajstić information content (AvgIpc) is 3.25. The quantitative estimate of drug-likeness (QED) is 0.479. The minimum Gasteiger partial charge on any atom is -0.363 e. The Bertz CT molecular complexity index is 1130. The van der Waals surface area contributed by atoms with Crippen LogP contribution in [0.4, 0.5) is 11.4 Å². The van der Waals surface area contributed by atoms with Gasteiger partial charge in [-0.1, -0.05) is 47.6 Å². The monoisotopic (exact) mass is 416 g/mol. The Labute approximate surface area is 178 Å². The van der Waals surface area contributed by atoms with Crippen LogP contribution in [0.5, 0.6) is 0 Å². The van der Waals surface area contributed by atoms with Crippen LogP contribution in [-0.2, 0) is 4.84 Å². The molecular formula is C23H20N4O4. The first kappa shape index (κ1) is 20.1. The fourth-order valence-corrected chi connectivity index (χ4v) is 3.38. The Hall–Kier alpha value is -4.20. The zero-order valence-corrected chi connectivity index (χ0v) is 16.8. The Morgan fingerprint density at radius 1 is 1.10 bits per heavy atom. The lowest BCUT2D eigenvalue weighted by Gasteiger charge is -2.25. The Kier molecular flexibility index (Phi) is 5.61. The lowest BCUT2D eigenvalue weighted by molar-refractivity contribution is -0.385. The van der Waals surface area contributed by atoms with E-state index in [0.717, 1.165) is 11.3 Å². The summed E-state index contributed by atoms with van der Waals surface area (Å²) in [6, 6.07) is 22.9. The highest BCUT2D eigenvalue weighted by Crippen LogP contribution is 2.36. The van der Waals surface area contributed by atoms with Crippen LogP contribution < -0.4 is 10.2 Å². The molecule has 1 heterocycles. The van der Waals surface area contributed by atoms with E-state index in [2.05, 4.69) is 10.5 Å². The molecule has 1 N–H and O–H groups in total. The van der Waals surface area contributed by atoms with E-state index in [4.69, 9.17) is 4.84 Å². The van der Waals surface area contributed by atoms with Gasteiger partial charge < -0.3 is 10.2 Å². The summed E-state index contributed by atoms with van der Waals surface area (Å²) in [7, 11) is 0. The minimum atomic E-state index is -0.666. The summed E-state index contributed by atoms with van der Waals surface area (Å²) >= 11 is 0. The number of rotatable bonds is 6. The van der Waals surface area contributed by atoms with Gasteiger partial charge in [-0.05, 0) is 31.2 Å². The molecule has 0 bridgehead atoms. The van der Waals surface area contributed by atoms with Crippen molar-refractivity contribution in [3.8, 4) is 0 Å². The van der Waals surface area contributed by atoms with E-state index in [1.54, 1.807) is 36.4 Å². The van der Waals surface area contributed by atoms with Crippen LogP contribution in [0.25, 0.3) is 0 Å². The normalized spacial score (nSPS) is 15.2. The number of hydrogen-bond acceptors (Lipinski definition) is 6. The van der Waals surface area contributed by atoms with Crippen LogP contribution in [0.3, 0.4) is 0 Å². The van der Waals surface area contributed by atoms with Gasteiger partial charge in [-0.3, -0.25) is 19.8 Å². The molecule has 1 atom stereocenters. The van der Waals surface area contributed by atoms with Gasteiger partial charge in [0.25, 0.3) is 11.6 Å². The molecule has 3 aromatic carbocycles. The van der Waals surface area contributed by atoms with Gasteiger partial charge >= 0.3 is 0 Å². The number of anilines is 1. The van der Waals surface area contributed by atoms with Crippen molar-refractivity contribution in [2.24, 2.45) is 5.16 Å². The molecule has 0 radical (unpaired) electrons. The number of nitrogens with one attached hydrogen (secondary N) is 1. The van der Waals surface area contributed by atoms with Gasteiger partial charge in [-0.25, -0.2) is 0 Å². The summed E-state index contributed by atoms with van der Waals surface area (Å²) in [5.74, 6) is 0.401. The number of para-hydroxylation sites is 1. The highest BCUT2D eigenvalue weighted by atomic mass is 16.7. The molecule has 0 fully saturated rings. The van der Waals surface area contributed by atoms with Crippen molar-refractivity contribution in [2.75, 3.05) is 11.4 Å². The van der Waals surface area contributed by atoms with Crippen LogP contribution in [0.1, 0.15) is 34.6 Å². The number of carbonyl (C=O) groups is 1. The topological polar surface area (TPSA) is 97.1 Å². The molecule has 1 aliphatic heterocycles. The van der Waals surface area contributed by atoms with Gasteiger partial charge in [-0.2, -0.15) is 0 Å². The molecule has 0 saturated heterocycles. The number of carbonyl (C=O) groups excluding carboxylic acids is 1. The number of nitrogens with zero attached hydrogens (tertiary/aromatic N) is 3. The maximum Gasteiger partial charge on any atom is 0.269 e. The van der Waals surface area contributed by atoms with Gasteiger partial charge in [0.2, 0.25) is 6.23 Å². The number of amidine groups is 1. The van der Waals surface area contributed by atoms with Crippen LogP contribution in [-0.4, -0.2) is 23.2 Å². The third kappa shape index (κ3) is 4.09. The lowest BCUT2D eigenvalue weighted by Crippen LogP contribution is -2.31. The SMILES string of the molecule is CCNC(=O)c1ccc(C2=NOC(c3cccc([N+](=O)[O-])c3)N2c2ccccc2)cc1. The number of oxime groups is 1. The molecule has 0 aliphatic carbocycles. The summed E-state index contributed by atoms with van der Waals surface area (Å²) in [6.45, 7) is 2.41. The molecule has 0 saturated carbocycles. The predicted molar refractivity (Wildman–Crippen MR) is 117 cm³/mol. The van der Waals surface area contributed by atoms with E-state index in [-0.39, 0.29) is 11.6 Å². The molecule has 4 rings (SSSR count). The van der Waals surface area contributed by atoms with E-state index in [9.17, 15) is 14.9 Å². The van der Waals surface area contributed by atoms with Gasteiger partial charge in [0.05, 0.1) is 4.92 Å². The molecule has 1 unspecified atom stereocenters. The zero-order valence-electron chi connectivity index (χ0n) is 16.8. The molecule has 1 aliphatic rings.